The summed E-state index contributed by atoms with van der Waals surface area (Å²) in [6.45, 7) is 1.67. The van der Waals surface area contributed by atoms with Crippen LogP contribution in [-0.2, 0) is 0 Å². The standard InChI is InChI=1S/C12H6BrCl3N2O3/c1-5-2-6(13)3-9(18(19)20)10(5)21-12-8(15)4-7(14)11(16)17-12/h2-4H,1H3. The van der Waals surface area contributed by atoms with Crippen LogP contribution in [-0.4, -0.2) is 9.91 Å². The number of hydrogen-bond donors (Lipinski definition) is 0. The first-order valence-corrected chi connectivity index (χ1v) is 7.36. The van der Waals surface area contributed by atoms with E-state index in [0.29, 0.717) is 10.0 Å². The summed E-state index contributed by atoms with van der Waals surface area (Å²) >= 11 is 20.7. The first-order valence-electron chi connectivity index (χ1n) is 5.43. The number of nitrogens with zero attached hydrogens (tertiary/aromatic N) is 2. The molecule has 1 aromatic heterocycles. The number of aryl methyl sites for hydroxylation is 1. The quantitative estimate of drug-likeness (QED) is 0.362. The van der Waals surface area contributed by atoms with Crippen LogP contribution in [0.25, 0.3) is 0 Å². The molecule has 0 spiro atoms. The highest BCUT2D eigenvalue weighted by molar-refractivity contribution is 9.10. The number of benzene rings is 1. The number of nitro benzene ring substituents is 1. The third-order valence-electron chi connectivity index (χ3n) is 2.47. The molecule has 0 radical (unpaired) electrons. The molecular weight excluding hydrogens is 406 g/mol. The van der Waals surface area contributed by atoms with Crippen LogP contribution in [0.5, 0.6) is 11.6 Å². The van der Waals surface area contributed by atoms with Crippen LogP contribution in [0.1, 0.15) is 5.56 Å². The summed E-state index contributed by atoms with van der Waals surface area (Å²) in [6, 6.07) is 4.36. The normalized spacial score (nSPS) is 10.5. The second kappa shape index (κ2) is 6.36. The topological polar surface area (TPSA) is 65.3 Å². The van der Waals surface area contributed by atoms with Crippen molar-refractivity contribution >= 4 is 56.4 Å². The average Bonchev–Trinajstić information content (AvgIpc) is 2.38. The lowest BCUT2D eigenvalue weighted by molar-refractivity contribution is -0.385. The highest BCUT2D eigenvalue weighted by atomic mass is 79.9. The van der Waals surface area contributed by atoms with E-state index in [1.54, 1.807) is 13.0 Å². The Morgan fingerprint density at radius 1 is 1.24 bits per heavy atom. The predicted octanol–water partition coefficient (Wildman–Crippen LogP) is 5.81. The van der Waals surface area contributed by atoms with Crippen molar-refractivity contribution in [3.05, 3.63) is 53.5 Å². The molecule has 0 fully saturated rings. The van der Waals surface area contributed by atoms with Gasteiger partial charge in [0.25, 0.3) is 0 Å². The summed E-state index contributed by atoms with van der Waals surface area (Å²) in [5, 5.41) is 11.4. The van der Waals surface area contributed by atoms with Gasteiger partial charge < -0.3 is 4.74 Å². The summed E-state index contributed by atoms with van der Waals surface area (Å²) in [5.74, 6) is -0.0180. The van der Waals surface area contributed by atoms with Gasteiger partial charge in [0, 0.05) is 16.1 Å². The van der Waals surface area contributed by atoms with Gasteiger partial charge in [-0.25, -0.2) is 0 Å². The Bertz CT molecular complexity index is 740. The average molecular weight is 412 g/mol. The first kappa shape index (κ1) is 16.3. The van der Waals surface area contributed by atoms with Gasteiger partial charge in [-0.2, -0.15) is 4.98 Å². The van der Waals surface area contributed by atoms with Crippen molar-refractivity contribution in [2.24, 2.45) is 0 Å². The van der Waals surface area contributed by atoms with E-state index in [9.17, 15) is 10.1 Å². The molecule has 0 aliphatic carbocycles. The van der Waals surface area contributed by atoms with Crippen molar-refractivity contribution in [2.45, 2.75) is 6.92 Å². The second-order valence-electron chi connectivity index (χ2n) is 3.98. The molecule has 0 unspecified atom stereocenters. The smallest absolute Gasteiger partial charge is 0.313 e. The van der Waals surface area contributed by atoms with Gasteiger partial charge in [0.2, 0.25) is 11.6 Å². The molecule has 1 heterocycles. The van der Waals surface area contributed by atoms with Gasteiger partial charge >= 0.3 is 5.69 Å². The van der Waals surface area contributed by atoms with Crippen LogP contribution < -0.4 is 4.74 Å². The van der Waals surface area contributed by atoms with Crippen molar-refractivity contribution in [1.82, 2.24) is 4.98 Å². The zero-order valence-corrected chi connectivity index (χ0v) is 14.2. The lowest BCUT2D eigenvalue weighted by Crippen LogP contribution is -1.98. The van der Waals surface area contributed by atoms with Gasteiger partial charge in [-0.05, 0) is 19.1 Å². The molecule has 0 aliphatic rings. The number of rotatable bonds is 3. The van der Waals surface area contributed by atoms with Crippen molar-refractivity contribution in [3.63, 3.8) is 0 Å². The third kappa shape index (κ3) is 3.58. The second-order valence-corrected chi connectivity index (χ2v) is 6.07. The highest BCUT2D eigenvalue weighted by Gasteiger charge is 2.21. The summed E-state index contributed by atoms with van der Waals surface area (Å²) in [6.07, 6.45) is 0. The minimum Gasteiger partial charge on any atom is -0.430 e. The van der Waals surface area contributed by atoms with Crippen molar-refractivity contribution in [1.29, 1.82) is 0 Å². The molecule has 1 aromatic carbocycles. The molecule has 5 nitrogen and oxygen atoms in total. The number of aromatic nitrogens is 1. The third-order valence-corrected chi connectivity index (χ3v) is 3.87. The zero-order chi connectivity index (χ0) is 15.7. The van der Waals surface area contributed by atoms with E-state index in [1.807, 2.05) is 0 Å². The minimum atomic E-state index is -0.557. The Balaban J connectivity index is 2.54. The van der Waals surface area contributed by atoms with Crippen LogP contribution in [0, 0.1) is 17.0 Å². The lowest BCUT2D eigenvalue weighted by Gasteiger charge is -2.10. The Morgan fingerprint density at radius 2 is 1.90 bits per heavy atom. The van der Waals surface area contributed by atoms with Gasteiger partial charge in [0.15, 0.2) is 5.15 Å². The maximum absolute atomic E-state index is 11.1. The molecule has 0 bridgehead atoms. The molecule has 9 heteroatoms. The number of nitro groups is 1. The van der Waals surface area contributed by atoms with Crippen LogP contribution in [0.3, 0.4) is 0 Å². The molecule has 0 atom stereocenters. The Labute approximate surface area is 143 Å². The van der Waals surface area contributed by atoms with Crippen molar-refractivity contribution in [2.75, 3.05) is 0 Å². The SMILES string of the molecule is Cc1cc(Br)cc([N+](=O)[O-])c1Oc1nc(Cl)c(Cl)cc1Cl. The van der Waals surface area contributed by atoms with Gasteiger partial charge in [0.05, 0.1) is 9.95 Å². The van der Waals surface area contributed by atoms with Gasteiger partial charge in [-0.3, -0.25) is 10.1 Å². The monoisotopic (exact) mass is 410 g/mol. The summed E-state index contributed by atoms with van der Waals surface area (Å²) in [7, 11) is 0. The van der Waals surface area contributed by atoms with E-state index in [4.69, 9.17) is 39.5 Å². The van der Waals surface area contributed by atoms with Crippen molar-refractivity contribution < 1.29 is 9.66 Å². The molecule has 0 aliphatic heterocycles. The fourth-order valence-corrected chi connectivity index (χ4v) is 2.67. The maximum Gasteiger partial charge on any atom is 0.313 e. The van der Waals surface area contributed by atoms with Crippen LogP contribution in [0.4, 0.5) is 5.69 Å². The van der Waals surface area contributed by atoms with E-state index in [-0.39, 0.29) is 32.5 Å². The number of hydrogen-bond acceptors (Lipinski definition) is 4. The number of pyridine rings is 1. The Hall–Kier alpha value is -1.08. The summed E-state index contributed by atoms with van der Waals surface area (Å²) in [5.41, 5.74) is 0.325. The van der Waals surface area contributed by atoms with Gasteiger partial charge in [-0.1, -0.05) is 50.7 Å². The maximum atomic E-state index is 11.1. The molecule has 0 saturated carbocycles. The van der Waals surface area contributed by atoms with E-state index in [2.05, 4.69) is 20.9 Å². The largest absolute Gasteiger partial charge is 0.430 e. The van der Waals surface area contributed by atoms with Crippen LogP contribution in [0.2, 0.25) is 15.2 Å². The van der Waals surface area contributed by atoms with Crippen molar-refractivity contribution in [3.8, 4) is 11.6 Å². The lowest BCUT2D eigenvalue weighted by atomic mass is 10.2. The fraction of sp³-hybridized carbons (Fsp3) is 0.0833. The fourth-order valence-electron chi connectivity index (χ4n) is 1.58. The molecule has 110 valence electrons. The number of halogens is 4. The molecule has 0 saturated heterocycles. The summed E-state index contributed by atoms with van der Waals surface area (Å²) < 4.78 is 6.04. The molecule has 0 N–H and O–H groups in total. The molecule has 2 rings (SSSR count). The Kier molecular flexibility index (Phi) is 4.93. The van der Waals surface area contributed by atoms with E-state index >= 15 is 0 Å². The first-order chi connectivity index (χ1) is 9.79. The molecule has 0 amide bonds. The van der Waals surface area contributed by atoms with Crippen LogP contribution >= 0.6 is 50.7 Å². The van der Waals surface area contributed by atoms with E-state index < -0.39 is 4.92 Å². The number of ether oxygens (including phenoxy) is 1. The van der Waals surface area contributed by atoms with Gasteiger partial charge in [-0.15, -0.1) is 0 Å². The zero-order valence-electron chi connectivity index (χ0n) is 10.4. The highest BCUT2D eigenvalue weighted by Crippen LogP contribution is 2.39. The minimum absolute atomic E-state index is 0.00603. The molecule has 21 heavy (non-hydrogen) atoms. The summed E-state index contributed by atoms with van der Waals surface area (Å²) in [4.78, 5) is 14.4. The van der Waals surface area contributed by atoms with Crippen LogP contribution in [0.15, 0.2) is 22.7 Å². The predicted molar refractivity (Wildman–Crippen MR) is 84.9 cm³/mol. The molecule has 2 aromatic rings. The Morgan fingerprint density at radius 3 is 2.52 bits per heavy atom. The van der Waals surface area contributed by atoms with E-state index in [0.717, 1.165) is 0 Å². The van der Waals surface area contributed by atoms with Gasteiger partial charge in [0.1, 0.15) is 5.02 Å². The molecular formula is C12H6BrCl3N2O3. The van der Waals surface area contributed by atoms with E-state index in [1.165, 1.54) is 12.1 Å².